The number of halogens is 2. The third-order valence-electron chi connectivity index (χ3n) is 6.13. The SMILES string of the molecule is N#Cc1c(N)nc(N)nc1N[C@H](c1nc2c(Cl)cc(F)cc2c(=O)n1[C@H]1C[C@H](O)C1)C1CC1. The highest BCUT2D eigenvalue weighted by molar-refractivity contribution is 6.35. The van der Waals surface area contributed by atoms with Crippen molar-refractivity contribution in [3.05, 3.63) is 44.7 Å². The van der Waals surface area contributed by atoms with Gasteiger partial charge >= 0.3 is 0 Å². The molecule has 2 heterocycles. The summed E-state index contributed by atoms with van der Waals surface area (Å²) in [5.41, 5.74) is 11.4. The molecule has 0 spiro atoms. The zero-order valence-corrected chi connectivity index (χ0v) is 18.1. The van der Waals surface area contributed by atoms with Gasteiger partial charge in [-0.05, 0) is 43.7 Å². The monoisotopic (exact) mass is 470 g/mol. The van der Waals surface area contributed by atoms with Crippen molar-refractivity contribution in [2.24, 2.45) is 5.92 Å². The second kappa shape index (κ2) is 7.83. The Balaban J connectivity index is 1.71. The van der Waals surface area contributed by atoms with Gasteiger partial charge in [-0.25, -0.2) is 9.37 Å². The number of nitrogens with two attached hydrogens (primary N) is 2. The first-order valence-electron chi connectivity index (χ1n) is 10.5. The van der Waals surface area contributed by atoms with E-state index in [2.05, 4.69) is 15.3 Å². The van der Waals surface area contributed by atoms with E-state index in [1.165, 1.54) is 4.57 Å². The summed E-state index contributed by atoms with van der Waals surface area (Å²) in [6.45, 7) is 0. The molecule has 2 aliphatic rings. The van der Waals surface area contributed by atoms with Crippen molar-refractivity contribution in [3.63, 3.8) is 0 Å². The van der Waals surface area contributed by atoms with E-state index in [0.29, 0.717) is 18.7 Å². The lowest BCUT2D eigenvalue weighted by molar-refractivity contribution is 0.0451. The van der Waals surface area contributed by atoms with E-state index in [-0.39, 0.29) is 51.0 Å². The second-order valence-corrected chi connectivity index (χ2v) is 8.88. The van der Waals surface area contributed by atoms with Crippen LogP contribution in [-0.4, -0.2) is 30.7 Å². The van der Waals surface area contributed by atoms with Crippen molar-refractivity contribution in [2.45, 2.75) is 43.9 Å². The maximum absolute atomic E-state index is 14.0. The largest absolute Gasteiger partial charge is 0.393 e. The number of fused-ring (bicyclic) bond motifs is 1. The minimum absolute atomic E-state index is 0.0203. The highest BCUT2D eigenvalue weighted by Crippen LogP contribution is 2.44. The van der Waals surface area contributed by atoms with Crippen molar-refractivity contribution in [3.8, 4) is 6.07 Å². The average Bonchev–Trinajstić information content (AvgIpc) is 3.55. The number of nitrogens with one attached hydrogen (secondary N) is 1. The molecule has 12 heteroatoms. The van der Waals surface area contributed by atoms with Gasteiger partial charge in [0.2, 0.25) is 5.95 Å². The third-order valence-corrected chi connectivity index (χ3v) is 6.42. The number of rotatable bonds is 5. The van der Waals surface area contributed by atoms with E-state index in [4.69, 9.17) is 28.1 Å². The Kier molecular flexibility index (Phi) is 5.07. The molecular formula is C21H20ClFN8O2. The van der Waals surface area contributed by atoms with Crippen molar-refractivity contribution in [1.82, 2.24) is 19.5 Å². The number of aliphatic hydroxyl groups is 1. The predicted molar refractivity (Wildman–Crippen MR) is 120 cm³/mol. The van der Waals surface area contributed by atoms with Crippen LogP contribution in [0, 0.1) is 23.1 Å². The van der Waals surface area contributed by atoms with Gasteiger partial charge in [0.25, 0.3) is 5.56 Å². The standard InChI is InChI=1S/C21H20ClFN8O2/c22-14-4-9(23)3-12-16(14)28-19(31(20(12)33)10-5-11(32)6-10)15(8-1-2-8)27-18-13(7-24)17(25)29-21(26)30-18/h3-4,8,10-11,15,32H,1-2,5-6H2,(H5,25,26,27,29,30)/t10-,11-,15-/m0/s1. The number of nitriles is 1. The van der Waals surface area contributed by atoms with Crippen LogP contribution in [0.3, 0.4) is 0 Å². The average molecular weight is 471 g/mol. The molecule has 0 aliphatic heterocycles. The van der Waals surface area contributed by atoms with Gasteiger partial charge in [-0.2, -0.15) is 15.2 Å². The maximum Gasteiger partial charge on any atom is 0.261 e. The van der Waals surface area contributed by atoms with Gasteiger partial charge in [0, 0.05) is 6.04 Å². The van der Waals surface area contributed by atoms with Crippen LogP contribution < -0.4 is 22.3 Å². The zero-order chi connectivity index (χ0) is 23.4. The molecule has 33 heavy (non-hydrogen) atoms. The van der Waals surface area contributed by atoms with Crippen LogP contribution in [0.15, 0.2) is 16.9 Å². The van der Waals surface area contributed by atoms with Crippen LogP contribution in [-0.2, 0) is 0 Å². The topological polar surface area (TPSA) is 169 Å². The first kappa shape index (κ1) is 21.4. The van der Waals surface area contributed by atoms with Crippen molar-refractivity contribution in [2.75, 3.05) is 16.8 Å². The molecule has 1 atom stereocenters. The van der Waals surface area contributed by atoms with Crippen LogP contribution in [0.2, 0.25) is 5.02 Å². The van der Waals surface area contributed by atoms with Crippen LogP contribution in [0.5, 0.6) is 0 Å². The summed E-state index contributed by atoms with van der Waals surface area (Å²) >= 11 is 6.25. The minimum atomic E-state index is -0.637. The van der Waals surface area contributed by atoms with Crippen LogP contribution in [0.25, 0.3) is 10.9 Å². The van der Waals surface area contributed by atoms with Crippen LogP contribution in [0.1, 0.15) is 49.2 Å². The fourth-order valence-electron chi connectivity index (χ4n) is 4.27. The molecule has 2 aromatic heterocycles. The van der Waals surface area contributed by atoms with Crippen LogP contribution >= 0.6 is 11.6 Å². The molecule has 0 unspecified atom stereocenters. The molecule has 0 amide bonds. The van der Waals surface area contributed by atoms with Crippen molar-refractivity contribution in [1.29, 1.82) is 5.26 Å². The van der Waals surface area contributed by atoms with Gasteiger partial charge in [-0.15, -0.1) is 0 Å². The quantitative estimate of drug-likeness (QED) is 0.436. The van der Waals surface area contributed by atoms with Crippen molar-refractivity contribution < 1.29 is 9.50 Å². The lowest BCUT2D eigenvalue weighted by Gasteiger charge is -2.36. The zero-order valence-electron chi connectivity index (χ0n) is 17.3. The lowest BCUT2D eigenvalue weighted by Crippen LogP contribution is -2.40. The van der Waals surface area contributed by atoms with Gasteiger partial charge in [0.1, 0.15) is 29.1 Å². The number of benzene rings is 1. The lowest BCUT2D eigenvalue weighted by atomic mass is 9.88. The Morgan fingerprint density at radius 1 is 1.27 bits per heavy atom. The molecule has 10 nitrogen and oxygen atoms in total. The molecule has 2 aliphatic carbocycles. The molecule has 2 fully saturated rings. The van der Waals surface area contributed by atoms with E-state index >= 15 is 0 Å². The van der Waals surface area contributed by atoms with E-state index in [1.54, 1.807) is 0 Å². The smallest absolute Gasteiger partial charge is 0.261 e. The molecular weight excluding hydrogens is 451 g/mol. The maximum atomic E-state index is 14.0. The van der Waals surface area contributed by atoms with Gasteiger partial charge in [-0.3, -0.25) is 9.36 Å². The summed E-state index contributed by atoms with van der Waals surface area (Å²) in [5.74, 6) is -0.200. The first-order chi connectivity index (χ1) is 15.8. The molecule has 170 valence electrons. The Morgan fingerprint density at radius 2 is 2.00 bits per heavy atom. The summed E-state index contributed by atoms with van der Waals surface area (Å²) in [6, 6.07) is 3.37. The van der Waals surface area contributed by atoms with Gasteiger partial charge in [0.05, 0.1) is 28.1 Å². The summed E-state index contributed by atoms with van der Waals surface area (Å²) in [4.78, 5) is 26.2. The second-order valence-electron chi connectivity index (χ2n) is 8.47. The van der Waals surface area contributed by atoms with Crippen LogP contribution in [0.4, 0.5) is 22.0 Å². The minimum Gasteiger partial charge on any atom is -0.393 e. The molecule has 0 bridgehead atoms. The van der Waals surface area contributed by atoms with Crippen molar-refractivity contribution >= 4 is 40.1 Å². The summed E-state index contributed by atoms with van der Waals surface area (Å²) in [5, 5.41) is 22.7. The first-order valence-corrected chi connectivity index (χ1v) is 10.8. The Morgan fingerprint density at radius 3 is 2.64 bits per heavy atom. The van der Waals surface area contributed by atoms with Gasteiger partial charge in [0.15, 0.2) is 5.82 Å². The molecule has 1 aromatic carbocycles. The fraction of sp³-hybridized carbons (Fsp3) is 0.381. The van der Waals surface area contributed by atoms with E-state index in [9.17, 15) is 19.6 Å². The predicted octanol–water partition coefficient (Wildman–Crippen LogP) is 2.27. The molecule has 6 N–H and O–H groups in total. The summed E-state index contributed by atoms with van der Waals surface area (Å²) in [6.07, 6.45) is 1.93. The number of aliphatic hydroxyl groups excluding tert-OH is 1. The molecule has 5 rings (SSSR count). The van der Waals surface area contributed by atoms with E-state index < -0.39 is 23.5 Å². The van der Waals surface area contributed by atoms with Gasteiger partial charge in [-0.1, -0.05) is 11.6 Å². The highest BCUT2D eigenvalue weighted by Gasteiger charge is 2.40. The number of hydrogen-bond donors (Lipinski definition) is 4. The third kappa shape index (κ3) is 3.71. The number of hydrogen-bond acceptors (Lipinski definition) is 9. The normalized spacial score (nSPS) is 20.8. The Bertz CT molecular complexity index is 1380. The van der Waals surface area contributed by atoms with Gasteiger partial charge < -0.3 is 21.9 Å². The van der Waals surface area contributed by atoms with E-state index in [0.717, 1.165) is 25.0 Å². The number of anilines is 3. The number of nitrogens with zero attached hydrogens (tertiary/aromatic N) is 5. The highest BCUT2D eigenvalue weighted by atomic mass is 35.5. The molecule has 0 radical (unpaired) electrons. The molecule has 2 saturated carbocycles. The van der Waals surface area contributed by atoms with E-state index in [1.807, 2.05) is 6.07 Å². The Hall–Kier alpha value is -3.49. The molecule has 3 aromatic rings. The number of aromatic nitrogens is 4. The summed E-state index contributed by atoms with van der Waals surface area (Å²) in [7, 11) is 0. The Labute approximate surface area is 192 Å². The molecule has 0 saturated heterocycles. The summed E-state index contributed by atoms with van der Waals surface area (Å²) < 4.78 is 15.5. The fourth-order valence-corrected chi connectivity index (χ4v) is 4.52. The number of nitrogen functional groups attached to an aromatic ring is 2.